The van der Waals surface area contributed by atoms with Gasteiger partial charge in [0, 0.05) is 12.7 Å². The number of hydrogen-bond donors (Lipinski definition) is 3. The van der Waals surface area contributed by atoms with Crippen molar-refractivity contribution in [3.63, 3.8) is 0 Å². The molecule has 0 unspecified atom stereocenters. The minimum Gasteiger partial charge on any atom is -0.478 e. The molecule has 0 bridgehead atoms. The lowest BCUT2D eigenvalue weighted by atomic mass is 9.94. The molecule has 1 fully saturated rings. The molecule has 0 amide bonds. The van der Waals surface area contributed by atoms with Gasteiger partial charge in [-0.3, -0.25) is 0 Å². The van der Waals surface area contributed by atoms with Crippen molar-refractivity contribution in [1.29, 1.82) is 0 Å². The lowest BCUT2D eigenvalue weighted by Crippen LogP contribution is -2.36. The van der Waals surface area contributed by atoms with E-state index in [9.17, 15) is 9.90 Å². The first kappa shape index (κ1) is 13.8. The molecule has 1 aromatic heterocycles. The van der Waals surface area contributed by atoms with Gasteiger partial charge in [-0.15, -0.1) is 0 Å². The van der Waals surface area contributed by atoms with Crippen LogP contribution in [0.1, 0.15) is 48.9 Å². The van der Waals surface area contributed by atoms with Crippen LogP contribution in [0.25, 0.3) is 0 Å². The molecule has 1 saturated carbocycles. The van der Waals surface area contributed by atoms with Gasteiger partial charge < -0.3 is 15.5 Å². The van der Waals surface area contributed by atoms with E-state index in [1.54, 1.807) is 12.3 Å². The van der Waals surface area contributed by atoms with Crippen LogP contribution in [0.2, 0.25) is 0 Å². The molecular formula is C14H20N2O3. The van der Waals surface area contributed by atoms with E-state index in [4.69, 9.17) is 5.11 Å². The van der Waals surface area contributed by atoms with Crippen LogP contribution >= 0.6 is 0 Å². The Labute approximate surface area is 112 Å². The summed E-state index contributed by atoms with van der Waals surface area (Å²) in [5.41, 5.74) is -0.608. The summed E-state index contributed by atoms with van der Waals surface area (Å²) in [6.07, 6.45) is 7.42. The number of nitrogens with one attached hydrogen (secondary N) is 1. The predicted molar refractivity (Wildman–Crippen MR) is 72.3 cm³/mol. The van der Waals surface area contributed by atoms with E-state index in [-0.39, 0.29) is 5.56 Å². The Morgan fingerprint density at radius 3 is 2.63 bits per heavy atom. The quantitative estimate of drug-likeness (QED) is 0.727. The normalized spacial score (nSPS) is 18.6. The molecule has 1 heterocycles. The fraction of sp³-hybridized carbons (Fsp3) is 0.571. The number of aromatic nitrogens is 1. The Morgan fingerprint density at radius 1 is 1.32 bits per heavy atom. The molecule has 0 aromatic carbocycles. The van der Waals surface area contributed by atoms with Crippen LogP contribution in [-0.2, 0) is 0 Å². The second kappa shape index (κ2) is 6.02. The van der Waals surface area contributed by atoms with Crippen molar-refractivity contribution in [2.24, 2.45) is 0 Å². The fourth-order valence-electron chi connectivity index (χ4n) is 2.53. The molecule has 1 aliphatic carbocycles. The molecule has 5 nitrogen and oxygen atoms in total. The van der Waals surface area contributed by atoms with Gasteiger partial charge in [-0.1, -0.05) is 25.7 Å². The molecule has 0 saturated heterocycles. The minimum atomic E-state index is -1.01. The lowest BCUT2D eigenvalue weighted by Gasteiger charge is -2.27. The Balaban J connectivity index is 2.03. The third kappa shape index (κ3) is 3.67. The predicted octanol–water partition coefficient (Wildman–Crippen LogP) is 2.28. The number of carboxylic acid groups (broad SMARTS) is 1. The first-order chi connectivity index (χ1) is 9.11. The van der Waals surface area contributed by atoms with Gasteiger partial charge in [0.25, 0.3) is 0 Å². The van der Waals surface area contributed by atoms with Gasteiger partial charge in [-0.2, -0.15) is 0 Å². The van der Waals surface area contributed by atoms with E-state index >= 15 is 0 Å². The topological polar surface area (TPSA) is 82.5 Å². The van der Waals surface area contributed by atoms with Crippen molar-refractivity contribution in [2.75, 3.05) is 11.9 Å². The molecule has 2 rings (SSSR count). The van der Waals surface area contributed by atoms with Crippen LogP contribution in [0.5, 0.6) is 0 Å². The van der Waals surface area contributed by atoms with Crippen molar-refractivity contribution >= 4 is 11.8 Å². The Morgan fingerprint density at radius 2 is 2.00 bits per heavy atom. The molecule has 0 aliphatic heterocycles. The van der Waals surface area contributed by atoms with Crippen LogP contribution in [0.4, 0.5) is 5.82 Å². The number of rotatable bonds is 4. The summed E-state index contributed by atoms with van der Waals surface area (Å²) in [7, 11) is 0. The molecule has 1 aromatic rings. The number of carboxylic acids is 1. The third-order valence-corrected chi connectivity index (χ3v) is 3.66. The molecule has 3 N–H and O–H groups in total. The zero-order valence-electron chi connectivity index (χ0n) is 10.9. The summed E-state index contributed by atoms with van der Waals surface area (Å²) >= 11 is 0. The number of aliphatic hydroxyl groups is 1. The lowest BCUT2D eigenvalue weighted by molar-refractivity contribution is 0.0379. The highest BCUT2D eigenvalue weighted by Crippen LogP contribution is 2.27. The molecule has 1 aliphatic rings. The van der Waals surface area contributed by atoms with Gasteiger partial charge in [0.1, 0.15) is 11.4 Å². The van der Waals surface area contributed by atoms with Gasteiger partial charge in [0.15, 0.2) is 0 Å². The second-order valence-corrected chi connectivity index (χ2v) is 5.20. The van der Waals surface area contributed by atoms with E-state index in [1.165, 1.54) is 6.07 Å². The average Bonchev–Trinajstić information content (AvgIpc) is 2.62. The maximum absolute atomic E-state index is 11.1. The summed E-state index contributed by atoms with van der Waals surface area (Å²) < 4.78 is 0. The van der Waals surface area contributed by atoms with E-state index in [2.05, 4.69) is 10.3 Å². The number of nitrogens with zero attached hydrogens (tertiary/aromatic N) is 1. The van der Waals surface area contributed by atoms with Crippen molar-refractivity contribution in [3.05, 3.63) is 23.9 Å². The second-order valence-electron chi connectivity index (χ2n) is 5.20. The molecule has 0 radical (unpaired) electrons. The van der Waals surface area contributed by atoms with Gasteiger partial charge in [0.2, 0.25) is 0 Å². The summed E-state index contributed by atoms with van der Waals surface area (Å²) in [6.45, 7) is 0.351. The largest absolute Gasteiger partial charge is 0.478 e. The maximum atomic E-state index is 11.1. The molecule has 19 heavy (non-hydrogen) atoms. The Kier molecular flexibility index (Phi) is 4.37. The summed E-state index contributed by atoms with van der Waals surface area (Å²) in [5.74, 6) is -0.684. The number of hydrogen-bond acceptors (Lipinski definition) is 4. The van der Waals surface area contributed by atoms with Crippen molar-refractivity contribution in [2.45, 2.75) is 44.1 Å². The first-order valence-electron chi connectivity index (χ1n) is 6.75. The van der Waals surface area contributed by atoms with E-state index in [0.29, 0.717) is 12.4 Å². The number of anilines is 1. The van der Waals surface area contributed by atoms with Gasteiger partial charge in [-0.05, 0) is 25.0 Å². The van der Waals surface area contributed by atoms with Crippen molar-refractivity contribution in [3.8, 4) is 0 Å². The average molecular weight is 264 g/mol. The van der Waals surface area contributed by atoms with Crippen LogP contribution < -0.4 is 5.32 Å². The van der Waals surface area contributed by atoms with Crippen LogP contribution in [-0.4, -0.2) is 33.3 Å². The zero-order valence-corrected chi connectivity index (χ0v) is 10.9. The first-order valence-corrected chi connectivity index (χ1v) is 6.75. The minimum absolute atomic E-state index is 0.139. The molecular weight excluding hydrogens is 244 g/mol. The van der Waals surface area contributed by atoms with E-state index in [0.717, 1.165) is 38.5 Å². The van der Waals surface area contributed by atoms with Crippen molar-refractivity contribution in [1.82, 2.24) is 4.98 Å². The SMILES string of the molecule is O=C(O)c1cccnc1NCC1(O)CCCCCC1. The standard InChI is InChI=1S/C14H20N2O3/c17-13(18)11-6-5-9-15-12(11)16-10-14(19)7-3-1-2-4-8-14/h5-6,9,19H,1-4,7-8,10H2,(H,15,16)(H,17,18). The number of carbonyl (C=O) groups is 1. The monoisotopic (exact) mass is 264 g/mol. The maximum Gasteiger partial charge on any atom is 0.339 e. The highest BCUT2D eigenvalue weighted by Gasteiger charge is 2.28. The smallest absolute Gasteiger partial charge is 0.339 e. The Bertz CT molecular complexity index is 440. The van der Waals surface area contributed by atoms with E-state index < -0.39 is 11.6 Å². The third-order valence-electron chi connectivity index (χ3n) is 3.66. The number of aromatic carboxylic acids is 1. The zero-order chi connectivity index (χ0) is 13.7. The highest BCUT2D eigenvalue weighted by molar-refractivity contribution is 5.92. The summed E-state index contributed by atoms with van der Waals surface area (Å²) in [5, 5.41) is 22.6. The highest BCUT2D eigenvalue weighted by atomic mass is 16.4. The van der Waals surface area contributed by atoms with Crippen LogP contribution in [0, 0.1) is 0 Å². The fourth-order valence-corrected chi connectivity index (χ4v) is 2.53. The summed E-state index contributed by atoms with van der Waals surface area (Å²) in [6, 6.07) is 3.10. The molecule has 0 atom stereocenters. The molecule has 0 spiro atoms. The Hall–Kier alpha value is -1.62. The molecule has 104 valence electrons. The van der Waals surface area contributed by atoms with Crippen LogP contribution in [0.3, 0.4) is 0 Å². The number of pyridine rings is 1. The molecule has 5 heteroatoms. The van der Waals surface area contributed by atoms with Crippen LogP contribution in [0.15, 0.2) is 18.3 Å². The van der Waals surface area contributed by atoms with Gasteiger partial charge >= 0.3 is 5.97 Å². The summed E-state index contributed by atoms with van der Waals surface area (Å²) in [4.78, 5) is 15.1. The van der Waals surface area contributed by atoms with Gasteiger partial charge in [-0.25, -0.2) is 9.78 Å². The van der Waals surface area contributed by atoms with E-state index in [1.807, 2.05) is 0 Å². The van der Waals surface area contributed by atoms with Gasteiger partial charge in [0.05, 0.1) is 5.60 Å². The van der Waals surface area contributed by atoms with Crippen molar-refractivity contribution < 1.29 is 15.0 Å².